The van der Waals surface area contributed by atoms with Gasteiger partial charge in [0, 0.05) is 0 Å². The first-order chi connectivity index (χ1) is 7.81. The molecule has 0 atom stereocenters. The maximum atomic E-state index is 12.9. The van der Waals surface area contributed by atoms with Crippen LogP contribution in [0.4, 0.5) is 9.57 Å². The number of anilines is 1. The highest BCUT2D eigenvalue weighted by atomic mass is 32.3. The smallest absolute Gasteiger partial charge is 0.282 e. The van der Waals surface area contributed by atoms with Crippen molar-refractivity contribution in [3.63, 3.8) is 0 Å². The van der Waals surface area contributed by atoms with Gasteiger partial charge in [-0.15, -0.1) is 3.89 Å². The second-order valence-electron chi connectivity index (χ2n) is 3.78. The molecule has 2 rings (SSSR count). The number of hydrogen-bond donors (Lipinski definition) is 1. The van der Waals surface area contributed by atoms with E-state index < -0.39 is 30.4 Å². The topological polar surface area (TPSA) is 80.3 Å². The molecule has 17 heavy (non-hydrogen) atoms. The lowest BCUT2D eigenvalue weighted by Crippen LogP contribution is -2.18. The molecule has 0 radical (unpaired) electrons. The SMILES string of the molecule is O=S(=O)(F)c1ccccc1NS(=O)(=O)C1CC1. The molecule has 0 aliphatic heterocycles. The summed E-state index contributed by atoms with van der Waals surface area (Å²) in [4.78, 5) is -0.663. The quantitative estimate of drug-likeness (QED) is 0.841. The monoisotopic (exact) mass is 279 g/mol. The molecule has 0 saturated heterocycles. The Morgan fingerprint density at radius 3 is 2.24 bits per heavy atom. The van der Waals surface area contributed by atoms with E-state index >= 15 is 0 Å². The average molecular weight is 279 g/mol. The standard InChI is InChI=1S/C9H10FNO4S2/c10-16(12,13)9-4-2-1-3-8(9)11-17(14,15)7-5-6-7/h1-4,7,11H,5-6H2. The molecular weight excluding hydrogens is 269 g/mol. The third-order valence-electron chi connectivity index (χ3n) is 2.37. The van der Waals surface area contributed by atoms with Crippen molar-refractivity contribution < 1.29 is 20.7 Å². The first-order valence-corrected chi connectivity index (χ1v) is 7.79. The van der Waals surface area contributed by atoms with Crippen molar-refractivity contribution in [2.75, 3.05) is 4.72 Å². The van der Waals surface area contributed by atoms with Crippen LogP contribution in [0.5, 0.6) is 0 Å². The van der Waals surface area contributed by atoms with Crippen molar-refractivity contribution in [3.8, 4) is 0 Å². The van der Waals surface area contributed by atoms with Crippen molar-refractivity contribution in [2.24, 2.45) is 0 Å². The Morgan fingerprint density at radius 1 is 1.12 bits per heavy atom. The summed E-state index contributed by atoms with van der Waals surface area (Å²) in [5, 5.41) is -0.502. The molecule has 8 heteroatoms. The van der Waals surface area contributed by atoms with Gasteiger partial charge in [0.05, 0.1) is 10.9 Å². The largest absolute Gasteiger partial charge is 0.334 e. The molecule has 0 amide bonds. The fraction of sp³-hybridized carbons (Fsp3) is 0.333. The van der Waals surface area contributed by atoms with Gasteiger partial charge in [-0.2, -0.15) is 8.42 Å². The Hall–Kier alpha value is -1.15. The van der Waals surface area contributed by atoms with Gasteiger partial charge in [0.2, 0.25) is 10.0 Å². The number of hydrogen-bond acceptors (Lipinski definition) is 4. The van der Waals surface area contributed by atoms with Crippen LogP contribution in [0.25, 0.3) is 0 Å². The van der Waals surface area contributed by atoms with Gasteiger partial charge in [-0.1, -0.05) is 12.1 Å². The van der Waals surface area contributed by atoms with Crippen LogP contribution in [-0.2, 0) is 20.2 Å². The second-order valence-corrected chi connectivity index (χ2v) is 7.06. The van der Waals surface area contributed by atoms with Gasteiger partial charge in [0.1, 0.15) is 4.90 Å². The lowest BCUT2D eigenvalue weighted by atomic mass is 10.3. The highest BCUT2D eigenvalue weighted by molar-refractivity contribution is 7.93. The van der Waals surface area contributed by atoms with Gasteiger partial charge in [-0.25, -0.2) is 8.42 Å². The number of nitrogens with one attached hydrogen (secondary N) is 1. The van der Waals surface area contributed by atoms with Crippen LogP contribution < -0.4 is 4.72 Å². The van der Waals surface area contributed by atoms with E-state index in [1.807, 2.05) is 0 Å². The first kappa shape index (κ1) is 12.3. The maximum absolute atomic E-state index is 12.9. The number of benzene rings is 1. The molecule has 1 fully saturated rings. The summed E-state index contributed by atoms with van der Waals surface area (Å²) in [6, 6.07) is 4.98. The number of rotatable bonds is 4. The highest BCUT2D eigenvalue weighted by Crippen LogP contribution is 2.31. The Balaban J connectivity index is 2.40. The third kappa shape index (κ3) is 2.75. The van der Waals surface area contributed by atoms with Crippen LogP contribution in [0.2, 0.25) is 0 Å². The van der Waals surface area contributed by atoms with Crippen LogP contribution in [-0.4, -0.2) is 22.1 Å². The molecule has 1 aromatic carbocycles. The fourth-order valence-electron chi connectivity index (χ4n) is 1.38. The Morgan fingerprint density at radius 2 is 1.71 bits per heavy atom. The summed E-state index contributed by atoms with van der Waals surface area (Å²) in [7, 11) is -8.54. The zero-order chi connectivity index (χ0) is 12.7. The first-order valence-electron chi connectivity index (χ1n) is 4.86. The molecule has 5 nitrogen and oxygen atoms in total. The van der Waals surface area contributed by atoms with Gasteiger partial charge in [-0.05, 0) is 25.0 Å². The molecule has 1 aliphatic rings. The summed E-state index contributed by atoms with van der Waals surface area (Å²) in [5.41, 5.74) is -0.248. The van der Waals surface area contributed by atoms with Gasteiger partial charge in [-0.3, -0.25) is 4.72 Å². The molecule has 94 valence electrons. The Labute approximate surface area is 98.9 Å². The van der Waals surface area contributed by atoms with Crippen molar-refractivity contribution in [1.29, 1.82) is 0 Å². The molecule has 1 aliphatic carbocycles. The highest BCUT2D eigenvalue weighted by Gasteiger charge is 2.36. The Kier molecular flexibility index (Phi) is 2.86. The molecule has 1 saturated carbocycles. The lowest BCUT2D eigenvalue weighted by Gasteiger charge is -2.09. The second kappa shape index (κ2) is 3.95. The zero-order valence-corrected chi connectivity index (χ0v) is 10.3. The van der Waals surface area contributed by atoms with E-state index in [-0.39, 0.29) is 5.69 Å². The molecule has 0 spiro atoms. The molecule has 0 unspecified atom stereocenters. The van der Waals surface area contributed by atoms with Gasteiger partial charge in [0.25, 0.3) is 0 Å². The molecule has 0 aromatic heterocycles. The van der Waals surface area contributed by atoms with E-state index in [1.165, 1.54) is 18.2 Å². The predicted octanol–water partition coefficient (Wildman–Crippen LogP) is 1.25. The van der Waals surface area contributed by atoms with Crippen molar-refractivity contribution in [3.05, 3.63) is 24.3 Å². The van der Waals surface area contributed by atoms with Crippen LogP contribution in [0.15, 0.2) is 29.2 Å². The predicted molar refractivity (Wildman–Crippen MR) is 60.3 cm³/mol. The van der Waals surface area contributed by atoms with Crippen LogP contribution in [0.1, 0.15) is 12.8 Å². The summed E-state index contributed by atoms with van der Waals surface area (Å²) >= 11 is 0. The molecule has 1 N–H and O–H groups in total. The van der Waals surface area contributed by atoms with E-state index in [0.29, 0.717) is 12.8 Å². The number of halogens is 1. The minimum absolute atomic E-state index is 0.248. The van der Waals surface area contributed by atoms with Crippen LogP contribution in [0, 0.1) is 0 Å². The van der Waals surface area contributed by atoms with Gasteiger partial charge in [0.15, 0.2) is 0 Å². The lowest BCUT2D eigenvalue weighted by molar-refractivity contribution is 0.552. The summed E-state index contributed by atoms with van der Waals surface area (Å²) < 4.78 is 59.9. The van der Waals surface area contributed by atoms with Crippen LogP contribution in [0.3, 0.4) is 0 Å². The minimum Gasteiger partial charge on any atom is -0.282 e. The average Bonchev–Trinajstić information content (AvgIpc) is 2.99. The van der Waals surface area contributed by atoms with E-state index in [1.54, 1.807) is 0 Å². The summed E-state index contributed by atoms with van der Waals surface area (Å²) in [6.45, 7) is 0. The normalized spacial score (nSPS) is 16.8. The summed E-state index contributed by atoms with van der Waals surface area (Å²) in [5.74, 6) is 0. The fourth-order valence-corrected chi connectivity index (χ4v) is 3.47. The van der Waals surface area contributed by atoms with Crippen molar-refractivity contribution in [1.82, 2.24) is 0 Å². The zero-order valence-electron chi connectivity index (χ0n) is 8.63. The van der Waals surface area contributed by atoms with Crippen LogP contribution >= 0.6 is 0 Å². The van der Waals surface area contributed by atoms with E-state index in [9.17, 15) is 20.7 Å². The van der Waals surface area contributed by atoms with Gasteiger partial charge >= 0.3 is 10.2 Å². The number of para-hydroxylation sites is 1. The van der Waals surface area contributed by atoms with E-state index in [2.05, 4.69) is 4.72 Å². The van der Waals surface area contributed by atoms with E-state index in [4.69, 9.17) is 0 Å². The number of sulfonamides is 1. The molecular formula is C9H10FNO4S2. The van der Waals surface area contributed by atoms with Gasteiger partial charge < -0.3 is 0 Å². The Bertz CT molecular complexity index is 635. The minimum atomic E-state index is -4.94. The van der Waals surface area contributed by atoms with Crippen molar-refractivity contribution in [2.45, 2.75) is 23.0 Å². The third-order valence-corrected chi connectivity index (χ3v) is 5.10. The molecule has 1 aromatic rings. The summed E-state index contributed by atoms with van der Waals surface area (Å²) in [6.07, 6.45) is 1.08. The molecule has 0 bridgehead atoms. The van der Waals surface area contributed by atoms with E-state index in [0.717, 1.165) is 6.07 Å². The maximum Gasteiger partial charge on any atom is 0.334 e. The molecule has 0 heterocycles. The van der Waals surface area contributed by atoms with Crippen molar-refractivity contribution >= 4 is 25.9 Å².